The average molecular weight is 1330 g/mol. The number of unbranched alkanes of at least 4 members (excludes halogenated alkanes) is 71. The van der Waals surface area contributed by atoms with Crippen molar-refractivity contribution in [1.82, 2.24) is 5.32 Å². The van der Waals surface area contributed by atoms with Crippen molar-refractivity contribution in [2.75, 3.05) is 13.2 Å². The topological polar surface area (TPSA) is 95.9 Å². The molecule has 0 fully saturated rings. The predicted molar refractivity (Wildman–Crippen MR) is 417 cm³/mol. The van der Waals surface area contributed by atoms with Gasteiger partial charge in [-0.2, -0.15) is 0 Å². The lowest BCUT2D eigenvalue weighted by Crippen LogP contribution is -2.45. The second-order valence-electron chi connectivity index (χ2n) is 30.6. The molecule has 6 heteroatoms. The van der Waals surface area contributed by atoms with E-state index in [2.05, 4.69) is 31.3 Å². The zero-order valence-electron chi connectivity index (χ0n) is 64.5. The third-order valence-corrected chi connectivity index (χ3v) is 21.1. The zero-order chi connectivity index (χ0) is 67.7. The Bertz CT molecular complexity index is 1430. The molecule has 3 N–H and O–H groups in total. The molecular formula is C88H173NO5. The summed E-state index contributed by atoms with van der Waals surface area (Å²) in [5.41, 5.74) is 0. The first-order chi connectivity index (χ1) is 46.5. The van der Waals surface area contributed by atoms with Gasteiger partial charge in [0.2, 0.25) is 5.91 Å². The van der Waals surface area contributed by atoms with E-state index in [0.717, 1.165) is 44.9 Å². The molecule has 0 aromatic heterocycles. The van der Waals surface area contributed by atoms with E-state index in [0.29, 0.717) is 25.9 Å². The Labute approximate surface area is 590 Å². The number of carbonyl (C=O) groups is 2. The number of hydrogen-bond donors (Lipinski definition) is 3. The number of esters is 1. The quantitative estimate of drug-likeness (QED) is 0.0320. The van der Waals surface area contributed by atoms with Crippen molar-refractivity contribution in [1.29, 1.82) is 0 Å². The number of hydrogen-bond acceptors (Lipinski definition) is 5. The van der Waals surface area contributed by atoms with Crippen molar-refractivity contribution in [3.8, 4) is 0 Å². The summed E-state index contributed by atoms with van der Waals surface area (Å²) in [5, 5.41) is 23.5. The molecule has 560 valence electrons. The van der Waals surface area contributed by atoms with E-state index >= 15 is 0 Å². The van der Waals surface area contributed by atoms with Gasteiger partial charge < -0.3 is 20.3 Å². The minimum Gasteiger partial charge on any atom is -0.466 e. The Balaban J connectivity index is 3.30. The molecule has 0 heterocycles. The molecule has 0 saturated heterocycles. The molecule has 0 rings (SSSR count). The van der Waals surface area contributed by atoms with Crippen LogP contribution in [0.5, 0.6) is 0 Å². The molecule has 94 heavy (non-hydrogen) atoms. The van der Waals surface area contributed by atoms with Crippen molar-refractivity contribution in [3.05, 3.63) is 12.2 Å². The molecule has 0 aromatic carbocycles. The summed E-state index contributed by atoms with van der Waals surface area (Å²) in [7, 11) is 0. The molecular weight excluding hydrogens is 1150 g/mol. The van der Waals surface area contributed by atoms with Gasteiger partial charge >= 0.3 is 5.97 Å². The van der Waals surface area contributed by atoms with E-state index in [1.54, 1.807) is 0 Å². The number of nitrogens with one attached hydrogen (secondary N) is 1. The molecule has 2 unspecified atom stereocenters. The minimum absolute atomic E-state index is 0.0160. The molecule has 1 amide bonds. The SMILES string of the molecule is CCCCCC/C=C\CCCCCCCC(=O)OCCCCCCCCCCCCCCCCCCCCCCCCCCCCCCCCCCCCCCCCCC(=O)NC(CO)C(O)CCCCCCCCCCCCCCCCCCCCCCCCCCC. The van der Waals surface area contributed by atoms with Crippen LogP contribution in [0.4, 0.5) is 0 Å². The van der Waals surface area contributed by atoms with Crippen molar-refractivity contribution < 1.29 is 24.5 Å². The molecule has 6 nitrogen and oxygen atoms in total. The van der Waals surface area contributed by atoms with Crippen LogP contribution in [0.2, 0.25) is 0 Å². The summed E-state index contributed by atoms with van der Waals surface area (Å²) in [6, 6.07) is -0.538. The largest absolute Gasteiger partial charge is 0.466 e. The monoisotopic (exact) mass is 1320 g/mol. The molecule has 0 saturated carbocycles. The lowest BCUT2D eigenvalue weighted by molar-refractivity contribution is -0.143. The molecule has 0 aromatic rings. The van der Waals surface area contributed by atoms with Gasteiger partial charge in [-0.1, -0.05) is 463 Å². The van der Waals surface area contributed by atoms with Crippen LogP contribution in [0, 0.1) is 0 Å². The lowest BCUT2D eigenvalue weighted by atomic mass is 10.0. The Morgan fingerprint density at radius 2 is 0.500 bits per heavy atom. The average Bonchev–Trinajstić information content (AvgIpc) is 3.72. The van der Waals surface area contributed by atoms with Crippen LogP contribution in [0.1, 0.15) is 515 Å². The maximum Gasteiger partial charge on any atom is 0.305 e. The van der Waals surface area contributed by atoms with Crippen molar-refractivity contribution in [3.63, 3.8) is 0 Å². The Morgan fingerprint density at radius 1 is 0.287 bits per heavy atom. The standard InChI is InChI=1S/C88H173NO5/c1-3-5-7-9-11-13-15-17-18-19-20-21-22-38-41-44-47-50-53-57-60-64-68-72-76-80-86(91)85(84-90)89-87(92)81-77-73-69-65-61-58-54-51-48-45-42-39-36-34-32-30-28-26-24-23-25-27-29-31-33-35-37-40-43-46-49-52-55-59-63-67-71-75-79-83-94-88(93)82-78-74-70-66-62-56-16-14-12-10-8-6-4-2/h14,16,85-86,90-91H,3-13,15,17-84H2,1-2H3,(H,89,92)/b16-14-. The molecule has 0 radical (unpaired) electrons. The van der Waals surface area contributed by atoms with Crippen LogP contribution < -0.4 is 5.32 Å². The normalized spacial score (nSPS) is 12.4. The van der Waals surface area contributed by atoms with Crippen LogP contribution in [-0.2, 0) is 14.3 Å². The number of aliphatic hydroxyl groups excluding tert-OH is 2. The molecule has 0 aliphatic heterocycles. The summed E-state index contributed by atoms with van der Waals surface area (Å²) < 4.78 is 5.49. The third kappa shape index (κ3) is 79.6. The molecule has 0 aliphatic carbocycles. The fourth-order valence-electron chi connectivity index (χ4n) is 14.4. The first-order valence-electron chi connectivity index (χ1n) is 43.9. The van der Waals surface area contributed by atoms with Crippen LogP contribution >= 0.6 is 0 Å². The fraction of sp³-hybridized carbons (Fsp3) is 0.955. The second kappa shape index (κ2) is 84.0. The Hall–Kier alpha value is -1.40. The number of aliphatic hydroxyl groups is 2. The first-order valence-corrected chi connectivity index (χ1v) is 43.9. The van der Waals surface area contributed by atoms with Crippen LogP contribution in [0.15, 0.2) is 12.2 Å². The molecule has 0 aliphatic rings. The predicted octanol–water partition coefficient (Wildman–Crippen LogP) is 29.4. The maximum absolute atomic E-state index is 12.6. The van der Waals surface area contributed by atoms with Gasteiger partial charge in [-0.15, -0.1) is 0 Å². The van der Waals surface area contributed by atoms with E-state index in [1.807, 2.05) is 0 Å². The van der Waals surface area contributed by atoms with Gasteiger partial charge in [-0.25, -0.2) is 0 Å². The Kier molecular flexibility index (Phi) is 82.8. The number of amides is 1. The van der Waals surface area contributed by atoms with Gasteiger partial charge in [-0.3, -0.25) is 9.59 Å². The summed E-state index contributed by atoms with van der Waals surface area (Å²) in [6.45, 7) is 5.00. The summed E-state index contributed by atoms with van der Waals surface area (Å²) in [6.07, 6.45) is 108. The number of carbonyl (C=O) groups excluding carboxylic acids is 2. The number of rotatable bonds is 84. The van der Waals surface area contributed by atoms with Crippen LogP contribution in [0.3, 0.4) is 0 Å². The van der Waals surface area contributed by atoms with Crippen LogP contribution in [-0.4, -0.2) is 47.4 Å². The van der Waals surface area contributed by atoms with E-state index in [1.165, 1.54) is 437 Å². The smallest absolute Gasteiger partial charge is 0.305 e. The summed E-state index contributed by atoms with van der Waals surface area (Å²) in [4.78, 5) is 24.7. The second-order valence-corrected chi connectivity index (χ2v) is 30.6. The zero-order valence-corrected chi connectivity index (χ0v) is 64.5. The summed E-state index contributed by atoms with van der Waals surface area (Å²) >= 11 is 0. The third-order valence-electron chi connectivity index (χ3n) is 21.1. The van der Waals surface area contributed by atoms with Gasteiger partial charge in [0.1, 0.15) is 0 Å². The maximum atomic E-state index is 12.6. The lowest BCUT2D eigenvalue weighted by Gasteiger charge is -2.22. The van der Waals surface area contributed by atoms with Crippen molar-refractivity contribution in [2.45, 2.75) is 527 Å². The van der Waals surface area contributed by atoms with Crippen molar-refractivity contribution in [2.24, 2.45) is 0 Å². The van der Waals surface area contributed by atoms with Crippen molar-refractivity contribution >= 4 is 11.9 Å². The minimum atomic E-state index is -0.661. The van der Waals surface area contributed by atoms with Gasteiger partial charge in [-0.05, 0) is 51.4 Å². The highest BCUT2D eigenvalue weighted by molar-refractivity contribution is 5.76. The van der Waals surface area contributed by atoms with Gasteiger partial charge in [0.05, 0.1) is 25.4 Å². The highest BCUT2D eigenvalue weighted by atomic mass is 16.5. The van der Waals surface area contributed by atoms with E-state index < -0.39 is 12.1 Å². The number of allylic oxidation sites excluding steroid dienone is 2. The highest BCUT2D eigenvalue weighted by Crippen LogP contribution is 2.21. The highest BCUT2D eigenvalue weighted by Gasteiger charge is 2.20. The van der Waals surface area contributed by atoms with Crippen LogP contribution in [0.25, 0.3) is 0 Å². The van der Waals surface area contributed by atoms with Gasteiger partial charge in [0.25, 0.3) is 0 Å². The number of ether oxygens (including phenoxy) is 1. The van der Waals surface area contributed by atoms with Gasteiger partial charge in [0, 0.05) is 12.8 Å². The Morgan fingerprint density at radius 3 is 0.766 bits per heavy atom. The molecule has 0 bridgehead atoms. The van der Waals surface area contributed by atoms with E-state index in [9.17, 15) is 19.8 Å². The molecule has 2 atom stereocenters. The van der Waals surface area contributed by atoms with E-state index in [-0.39, 0.29) is 18.5 Å². The fourth-order valence-corrected chi connectivity index (χ4v) is 14.4. The first kappa shape index (κ1) is 92.6. The van der Waals surface area contributed by atoms with Gasteiger partial charge in [0.15, 0.2) is 0 Å². The van der Waals surface area contributed by atoms with E-state index in [4.69, 9.17) is 4.74 Å². The summed E-state index contributed by atoms with van der Waals surface area (Å²) in [5.74, 6) is -0.00591. The molecule has 0 spiro atoms.